The Balaban J connectivity index is 0.00000353. The van der Waals surface area contributed by atoms with E-state index in [9.17, 15) is 0 Å². The fourth-order valence-electron chi connectivity index (χ4n) is 6.18. The summed E-state index contributed by atoms with van der Waals surface area (Å²) >= 11 is 0. The van der Waals surface area contributed by atoms with Crippen molar-refractivity contribution in [2.45, 2.75) is 77.0 Å². The zero-order valence-corrected chi connectivity index (χ0v) is 25.6. The van der Waals surface area contributed by atoms with Crippen LogP contribution in [0.25, 0.3) is 10.8 Å². The molecule has 0 aromatic heterocycles. The highest BCUT2D eigenvalue weighted by Crippen LogP contribution is 2.42. The molecule has 3 aliphatic heterocycles. The molecule has 3 heterocycles. The molecule has 7 heteroatoms. The third-order valence-electron chi connectivity index (χ3n) is 8.44. The molecular formula is C35H45ClN2O4. The number of ether oxygens (including phenoxy) is 4. The Hall–Kier alpha value is -3.12. The van der Waals surface area contributed by atoms with Crippen molar-refractivity contribution in [2.24, 2.45) is 0 Å². The lowest BCUT2D eigenvalue weighted by Crippen LogP contribution is -3.00. The summed E-state index contributed by atoms with van der Waals surface area (Å²) in [6, 6.07) is 17.1. The maximum absolute atomic E-state index is 6.51. The van der Waals surface area contributed by atoms with Gasteiger partial charge in [0.2, 0.25) is 12.0 Å². The van der Waals surface area contributed by atoms with Gasteiger partial charge in [-0.2, -0.15) is 0 Å². The van der Waals surface area contributed by atoms with Gasteiger partial charge >= 0.3 is 0 Å². The van der Waals surface area contributed by atoms with Gasteiger partial charge < -0.3 is 31.4 Å². The third-order valence-corrected chi connectivity index (χ3v) is 8.44. The molecular weight excluding hydrogens is 548 g/mol. The number of fused-ring (bicyclic) bond motifs is 1. The highest BCUT2D eigenvalue weighted by Gasteiger charge is 2.31. The molecule has 42 heavy (non-hydrogen) atoms. The van der Waals surface area contributed by atoms with Gasteiger partial charge in [-0.1, -0.05) is 69.6 Å². The second kappa shape index (κ2) is 15.4. The summed E-state index contributed by atoms with van der Waals surface area (Å²) in [5.74, 6) is 3.67. The van der Waals surface area contributed by atoms with Crippen LogP contribution < -0.4 is 36.3 Å². The predicted octanol–water partition coefficient (Wildman–Crippen LogP) is 5.26. The second-order valence-corrected chi connectivity index (χ2v) is 11.5. The Kier molecular flexibility index (Phi) is 11.1. The molecule has 6 nitrogen and oxygen atoms in total. The van der Waals surface area contributed by atoms with Gasteiger partial charge in [0.15, 0.2) is 22.9 Å². The third kappa shape index (κ3) is 7.44. The van der Waals surface area contributed by atoms with E-state index < -0.39 is 0 Å². The molecule has 0 aliphatic carbocycles. The second-order valence-electron chi connectivity index (χ2n) is 11.5. The molecule has 0 saturated heterocycles. The van der Waals surface area contributed by atoms with E-state index in [1.165, 1.54) is 56.8 Å². The van der Waals surface area contributed by atoms with Crippen molar-refractivity contribution in [1.82, 2.24) is 0 Å². The molecule has 0 spiro atoms. The van der Waals surface area contributed by atoms with Crippen LogP contribution in [0.4, 0.5) is 11.4 Å². The molecule has 0 radical (unpaired) electrons. The monoisotopic (exact) mass is 592 g/mol. The van der Waals surface area contributed by atoms with Crippen LogP contribution in [0.2, 0.25) is 0 Å². The number of halogens is 1. The number of hydrogen-bond donors (Lipinski definition) is 0. The highest BCUT2D eigenvalue weighted by molar-refractivity contribution is 5.96. The van der Waals surface area contributed by atoms with E-state index in [0.717, 1.165) is 105 Å². The van der Waals surface area contributed by atoms with Crippen LogP contribution in [0.5, 0.6) is 23.0 Å². The summed E-state index contributed by atoms with van der Waals surface area (Å²) in [6.07, 6.45) is 16.2. The van der Waals surface area contributed by atoms with Crippen molar-refractivity contribution in [3.8, 4) is 23.0 Å². The first-order valence-corrected chi connectivity index (χ1v) is 16.0. The molecule has 226 valence electrons. The first kappa shape index (κ1) is 30.3. The minimum atomic E-state index is 0. The van der Waals surface area contributed by atoms with Gasteiger partial charge in [-0.15, -0.1) is 0 Å². The average molecular weight is 593 g/mol. The summed E-state index contributed by atoms with van der Waals surface area (Å²) in [7, 11) is 0. The lowest BCUT2D eigenvalue weighted by molar-refractivity contribution is -0.423. The Bertz CT molecular complexity index is 1340. The molecule has 6 rings (SSSR count). The molecule has 3 aromatic rings. The summed E-state index contributed by atoms with van der Waals surface area (Å²) in [5, 5.41) is 2.35. The van der Waals surface area contributed by atoms with Gasteiger partial charge in [0.05, 0.1) is 26.4 Å². The van der Waals surface area contributed by atoms with Gasteiger partial charge in [-0.25, -0.2) is 9.48 Å². The van der Waals surface area contributed by atoms with Gasteiger partial charge in [0.1, 0.15) is 18.8 Å². The van der Waals surface area contributed by atoms with Crippen molar-refractivity contribution in [1.29, 1.82) is 0 Å². The number of para-hydroxylation sites is 1. The Morgan fingerprint density at radius 2 is 1.12 bits per heavy atom. The standard InChI is InChI=1S/C35H45N2O4.ClH/c1-2-6-10-23-39-31-14-13-15-32-35(31)37-21-20-36(27-37)34-30-26-29(38-22-9-5-1)18-16-28(30)17-19-33(34)41-25-12-8-4-3-7-11-24-40-32;/h13-19,26-27H,1-12,20-25H2;1H/q+1;/p-1. The topological polar surface area (TPSA) is 43.2 Å². The van der Waals surface area contributed by atoms with E-state index >= 15 is 0 Å². The first-order valence-electron chi connectivity index (χ1n) is 16.0. The predicted molar refractivity (Wildman–Crippen MR) is 166 cm³/mol. The molecule has 3 aromatic carbocycles. The summed E-state index contributed by atoms with van der Waals surface area (Å²) < 4.78 is 28.0. The van der Waals surface area contributed by atoms with Gasteiger partial charge in [0, 0.05) is 5.39 Å². The smallest absolute Gasteiger partial charge is 0.245 e. The van der Waals surface area contributed by atoms with E-state index in [4.69, 9.17) is 18.9 Å². The van der Waals surface area contributed by atoms with Gasteiger partial charge in [0.25, 0.3) is 0 Å². The Labute approximate surface area is 257 Å². The fourth-order valence-corrected chi connectivity index (χ4v) is 6.18. The average Bonchev–Trinajstić information content (AvgIpc) is 3.47. The van der Waals surface area contributed by atoms with E-state index in [1.807, 2.05) is 0 Å². The summed E-state index contributed by atoms with van der Waals surface area (Å²) in [4.78, 5) is 2.31. The van der Waals surface area contributed by atoms with Gasteiger partial charge in [-0.3, -0.25) is 0 Å². The molecule has 3 aliphatic rings. The quantitative estimate of drug-likeness (QED) is 0.333. The highest BCUT2D eigenvalue weighted by atomic mass is 35.5. The first-order chi connectivity index (χ1) is 20.4. The lowest BCUT2D eigenvalue weighted by Gasteiger charge is -2.17. The fraction of sp³-hybridized carbons (Fsp3) is 0.514. The van der Waals surface area contributed by atoms with Crippen LogP contribution in [0, 0.1) is 0 Å². The Morgan fingerprint density at radius 1 is 0.571 bits per heavy atom. The minimum absolute atomic E-state index is 0. The molecule has 0 saturated carbocycles. The summed E-state index contributed by atoms with van der Waals surface area (Å²) in [5.41, 5.74) is 2.14. The Morgan fingerprint density at radius 3 is 1.76 bits per heavy atom. The zero-order chi connectivity index (χ0) is 27.7. The van der Waals surface area contributed by atoms with Crippen LogP contribution in [0.15, 0.2) is 48.5 Å². The molecule has 0 amide bonds. The number of hydrogen-bond acceptors (Lipinski definition) is 5. The summed E-state index contributed by atoms with van der Waals surface area (Å²) in [6.45, 7) is 4.61. The SMILES string of the molecule is C1=[N+]2CCN1c1c3cccc1OCCCCCCCCOc1ccc4ccc(cc4c12)OCCCCCCCCO3.[Cl-]. The number of benzene rings is 3. The van der Waals surface area contributed by atoms with Crippen molar-refractivity contribution in [3.63, 3.8) is 0 Å². The van der Waals surface area contributed by atoms with Crippen LogP contribution >= 0.6 is 0 Å². The largest absolute Gasteiger partial charge is 1.00 e. The van der Waals surface area contributed by atoms with Crippen LogP contribution in [-0.4, -0.2) is 50.4 Å². The van der Waals surface area contributed by atoms with Crippen molar-refractivity contribution < 1.29 is 35.9 Å². The maximum atomic E-state index is 6.51. The van der Waals surface area contributed by atoms with Crippen LogP contribution in [0.3, 0.4) is 0 Å². The molecule has 0 N–H and O–H groups in total. The number of anilines is 1. The van der Waals surface area contributed by atoms with Gasteiger partial charge in [-0.05, 0) is 61.4 Å². The van der Waals surface area contributed by atoms with E-state index in [1.54, 1.807) is 0 Å². The molecule has 0 unspecified atom stereocenters. The van der Waals surface area contributed by atoms with Crippen molar-refractivity contribution in [2.75, 3.05) is 44.4 Å². The number of rotatable bonds is 0. The normalized spacial score (nSPS) is 18.9. The van der Waals surface area contributed by atoms with Crippen LogP contribution in [0.1, 0.15) is 77.0 Å². The van der Waals surface area contributed by atoms with Crippen molar-refractivity contribution >= 4 is 28.5 Å². The number of nitrogens with zero attached hydrogens (tertiary/aromatic N) is 2. The van der Waals surface area contributed by atoms with E-state index in [-0.39, 0.29) is 12.4 Å². The van der Waals surface area contributed by atoms with Crippen LogP contribution in [-0.2, 0) is 0 Å². The van der Waals surface area contributed by atoms with Crippen molar-refractivity contribution in [3.05, 3.63) is 48.5 Å². The molecule has 6 bridgehead atoms. The lowest BCUT2D eigenvalue weighted by atomic mass is 10.1. The molecule has 0 atom stereocenters. The maximum Gasteiger partial charge on any atom is 0.245 e. The molecule has 0 fully saturated rings. The van der Waals surface area contributed by atoms with E-state index in [0.29, 0.717) is 0 Å². The zero-order valence-electron chi connectivity index (χ0n) is 24.8. The van der Waals surface area contributed by atoms with E-state index in [2.05, 4.69) is 64.3 Å². The minimum Gasteiger partial charge on any atom is -1.00 e.